The van der Waals surface area contributed by atoms with Gasteiger partial charge in [-0.1, -0.05) is 37.3 Å². The molecule has 1 amide bonds. The van der Waals surface area contributed by atoms with Crippen LogP contribution in [0.4, 0.5) is 0 Å². The first-order chi connectivity index (χ1) is 13.7. The van der Waals surface area contributed by atoms with Gasteiger partial charge in [-0.3, -0.25) is 9.89 Å². The maximum absolute atomic E-state index is 13.2. The predicted molar refractivity (Wildman–Crippen MR) is 107 cm³/mol. The molecule has 28 heavy (non-hydrogen) atoms. The van der Waals surface area contributed by atoms with Crippen LogP contribution in [0, 0.1) is 0 Å². The van der Waals surface area contributed by atoms with Gasteiger partial charge in [-0.25, -0.2) is 4.52 Å². The number of aromatic nitrogens is 4. The van der Waals surface area contributed by atoms with E-state index in [0.29, 0.717) is 18.7 Å². The van der Waals surface area contributed by atoms with Crippen LogP contribution in [0.25, 0.3) is 16.8 Å². The van der Waals surface area contributed by atoms with Gasteiger partial charge in [-0.2, -0.15) is 10.2 Å². The Balaban J connectivity index is 1.46. The van der Waals surface area contributed by atoms with Crippen molar-refractivity contribution in [3.8, 4) is 11.3 Å². The molecular formula is C22H21N5O. The number of amides is 1. The molecule has 140 valence electrons. The second-order valence-electron chi connectivity index (χ2n) is 7.15. The Kier molecular flexibility index (Phi) is 3.97. The monoisotopic (exact) mass is 371 g/mol. The van der Waals surface area contributed by atoms with Gasteiger partial charge >= 0.3 is 0 Å². The minimum atomic E-state index is 0.0142. The van der Waals surface area contributed by atoms with E-state index in [9.17, 15) is 4.79 Å². The summed E-state index contributed by atoms with van der Waals surface area (Å²) in [5.74, 6) is 0.0142. The molecule has 0 radical (unpaired) electrons. The van der Waals surface area contributed by atoms with Crippen molar-refractivity contribution in [2.45, 2.75) is 26.3 Å². The lowest BCUT2D eigenvalue weighted by Crippen LogP contribution is -2.35. The van der Waals surface area contributed by atoms with E-state index in [4.69, 9.17) is 0 Å². The van der Waals surface area contributed by atoms with Crippen LogP contribution in [0.1, 0.15) is 34.1 Å². The molecule has 6 nitrogen and oxygen atoms in total. The number of fused-ring (bicyclic) bond motifs is 2. The molecule has 1 N–H and O–H groups in total. The van der Waals surface area contributed by atoms with Gasteiger partial charge in [-0.15, -0.1) is 0 Å². The predicted octanol–water partition coefficient (Wildman–Crippen LogP) is 3.49. The van der Waals surface area contributed by atoms with Crippen molar-refractivity contribution < 1.29 is 4.79 Å². The maximum Gasteiger partial charge on any atom is 0.258 e. The molecule has 1 aliphatic heterocycles. The van der Waals surface area contributed by atoms with Crippen LogP contribution in [0.2, 0.25) is 0 Å². The Bertz CT molecular complexity index is 1160. The molecule has 4 aromatic rings. The number of aromatic amines is 1. The van der Waals surface area contributed by atoms with Crippen molar-refractivity contribution in [1.82, 2.24) is 24.7 Å². The fourth-order valence-electron chi connectivity index (χ4n) is 3.88. The summed E-state index contributed by atoms with van der Waals surface area (Å²) < 4.78 is 1.74. The summed E-state index contributed by atoms with van der Waals surface area (Å²) in [5, 5.41) is 12.0. The highest BCUT2D eigenvalue weighted by Crippen LogP contribution is 2.29. The zero-order chi connectivity index (χ0) is 19.1. The van der Waals surface area contributed by atoms with Crippen molar-refractivity contribution in [3.05, 3.63) is 77.2 Å². The zero-order valence-electron chi connectivity index (χ0n) is 15.7. The number of hydrogen-bond donors (Lipinski definition) is 1. The van der Waals surface area contributed by atoms with Gasteiger partial charge < -0.3 is 4.90 Å². The van der Waals surface area contributed by atoms with E-state index in [-0.39, 0.29) is 5.91 Å². The molecular weight excluding hydrogens is 350 g/mol. The van der Waals surface area contributed by atoms with Crippen molar-refractivity contribution in [2.24, 2.45) is 0 Å². The Labute approximate surface area is 162 Å². The molecule has 0 spiro atoms. The molecule has 4 heterocycles. The Hall–Kier alpha value is -3.41. The van der Waals surface area contributed by atoms with Gasteiger partial charge in [-0.05, 0) is 24.1 Å². The van der Waals surface area contributed by atoms with Crippen LogP contribution in [-0.2, 0) is 19.4 Å². The largest absolute Gasteiger partial charge is 0.334 e. The Morgan fingerprint density at radius 3 is 2.86 bits per heavy atom. The summed E-state index contributed by atoms with van der Waals surface area (Å²) in [4.78, 5) is 15.1. The number of nitrogens with one attached hydrogen (secondary N) is 1. The van der Waals surface area contributed by atoms with Gasteiger partial charge in [0.25, 0.3) is 5.91 Å². The average Bonchev–Trinajstić information content (AvgIpc) is 3.37. The Morgan fingerprint density at radius 2 is 2.04 bits per heavy atom. The van der Waals surface area contributed by atoms with Crippen LogP contribution in [-0.4, -0.2) is 37.2 Å². The summed E-state index contributed by atoms with van der Waals surface area (Å²) in [6.07, 6.45) is 5.31. The SMILES string of the molecule is CCc1ccc(-c2n[nH]c3c2CN(C(=O)c2cnn4ccccc24)CC3)cc1. The number of hydrogen-bond acceptors (Lipinski definition) is 3. The van der Waals surface area contributed by atoms with Crippen LogP contribution in [0.15, 0.2) is 54.9 Å². The van der Waals surface area contributed by atoms with Crippen LogP contribution in [0.5, 0.6) is 0 Å². The van der Waals surface area contributed by atoms with E-state index >= 15 is 0 Å². The van der Waals surface area contributed by atoms with E-state index < -0.39 is 0 Å². The average molecular weight is 371 g/mol. The minimum absolute atomic E-state index is 0.0142. The van der Waals surface area contributed by atoms with Crippen molar-refractivity contribution >= 4 is 11.4 Å². The number of carbonyl (C=O) groups excluding carboxylic acids is 1. The summed E-state index contributed by atoms with van der Waals surface area (Å²) in [6, 6.07) is 14.3. The summed E-state index contributed by atoms with van der Waals surface area (Å²) in [5.41, 5.74) is 7.04. The number of carbonyl (C=O) groups is 1. The molecule has 0 bridgehead atoms. The van der Waals surface area contributed by atoms with E-state index in [0.717, 1.165) is 40.9 Å². The quantitative estimate of drug-likeness (QED) is 0.599. The highest BCUT2D eigenvalue weighted by atomic mass is 16.2. The lowest BCUT2D eigenvalue weighted by molar-refractivity contribution is 0.0736. The third-order valence-corrected chi connectivity index (χ3v) is 5.51. The van der Waals surface area contributed by atoms with Crippen LogP contribution in [0.3, 0.4) is 0 Å². The second kappa shape index (κ2) is 6.64. The number of pyridine rings is 1. The minimum Gasteiger partial charge on any atom is -0.334 e. The number of benzene rings is 1. The standard InChI is InChI=1S/C22H21N5O/c1-2-15-6-8-16(9-7-15)21-18-14-26(12-10-19(18)24-25-21)22(28)17-13-23-27-11-4-3-5-20(17)27/h3-9,11,13H,2,10,12,14H2,1H3,(H,24,25). The van der Waals surface area contributed by atoms with Gasteiger partial charge in [0.1, 0.15) is 0 Å². The van der Waals surface area contributed by atoms with E-state index in [2.05, 4.69) is 46.5 Å². The van der Waals surface area contributed by atoms with E-state index in [1.165, 1.54) is 5.56 Å². The number of H-pyrrole nitrogens is 1. The highest BCUT2D eigenvalue weighted by Gasteiger charge is 2.27. The normalized spacial score (nSPS) is 13.7. The summed E-state index contributed by atoms with van der Waals surface area (Å²) >= 11 is 0. The van der Waals surface area contributed by atoms with Gasteiger partial charge in [0.15, 0.2) is 0 Å². The van der Waals surface area contributed by atoms with Crippen LogP contribution < -0.4 is 0 Å². The zero-order valence-corrected chi connectivity index (χ0v) is 15.7. The molecule has 6 heteroatoms. The smallest absolute Gasteiger partial charge is 0.258 e. The summed E-state index contributed by atoms with van der Waals surface area (Å²) in [6.45, 7) is 3.38. The molecule has 1 aromatic carbocycles. The number of rotatable bonds is 3. The maximum atomic E-state index is 13.2. The molecule has 0 unspecified atom stereocenters. The lowest BCUT2D eigenvalue weighted by atomic mass is 9.99. The topological polar surface area (TPSA) is 66.3 Å². The Morgan fingerprint density at radius 1 is 1.18 bits per heavy atom. The first-order valence-corrected chi connectivity index (χ1v) is 9.61. The molecule has 0 saturated heterocycles. The number of aryl methyl sites for hydroxylation is 1. The fourth-order valence-corrected chi connectivity index (χ4v) is 3.88. The molecule has 0 atom stereocenters. The number of nitrogens with zero attached hydrogens (tertiary/aromatic N) is 4. The molecule has 0 aliphatic carbocycles. The summed E-state index contributed by atoms with van der Waals surface area (Å²) in [7, 11) is 0. The van der Waals surface area contributed by atoms with Crippen molar-refractivity contribution in [1.29, 1.82) is 0 Å². The molecule has 1 aliphatic rings. The molecule has 0 fully saturated rings. The second-order valence-corrected chi connectivity index (χ2v) is 7.15. The third-order valence-electron chi connectivity index (χ3n) is 5.51. The van der Waals surface area contributed by atoms with Crippen molar-refractivity contribution in [3.63, 3.8) is 0 Å². The van der Waals surface area contributed by atoms with E-state index in [1.807, 2.05) is 29.3 Å². The van der Waals surface area contributed by atoms with Crippen molar-refractivity contribution in [2.75, 3.05) is 6.54 Å². The lowest BCUT2D eigenvalue weighted by Gasteiger charge is -2.27. The third kappa shape index (κ3) is 2.69. The van der Waals surface area contributed by atoms with Gasteiger partial charge in [0.2, 0.25) is 0 Å². The van der Waals surface area contributed by atoms with Gasteiger partial charge in [0, 0.05) is 42.5 Å². The van der Waals surface area contributed by atoms with Gasteiger partial charge in [0.05, 0.1) is 23.0 Å². The molecule has 5 rings (SSSR count). The molecule has 3 aromatic heterocycles. The fraction of sp³-hybridized carbons (Fsp3) is 0.227. The van der Waals surface area contributed by atoms with Crippen LogP contribution >= 0.6 is 0 Å². The van der Waals surface area contributed by atoms with E-state index in [1.54, 1.807) is 10.7 Å². The first kappa shape index (κ1) is 16.7. The highest BCUT2D eigenvalue weighted by molar-refractivity contribution is 6.00. The molecule has 0 saturated carbocycles. The first-order valence-electron chi connectivity index (χ1n) is 9.61.